The number of rotatable bonds is 5. The van der Waals surface area contributed by atoms with Crippen molar-refractivity contribution in [3.05, 3.63) is 46.0 Å². The molecule has 0 aromatic carbocycles. The number of amides is 1. The first kappa shape index (κ1) is 16.0. The van der Waals surface area contributed by atoms with Crippen molar-refractivity contribution in [2.75, 3.05) is 7.05 Å². The number of carbonyl (C=O) groups is 1. The molecule has 0 N–H and O–H groups in total. The van der Waals surface area contributed by atoms with Crippen LogP contribution < -0.4 is 5.56 Å². The summed E-state index contributed by atoms with van der Waals surface area (Å²) in [5, 5.41) is 4.09. The van der Waals surface area contributed by atoms with Crippen LogP contribution in [0.5, 0.6) is 0 Å². The van der Waals surface area contributed by atoms with Crippen LogP contribution in [-0.4, -0.2) is 32.6 Å². The van der Waals surface area contributed by atoms with E-state index in [2.05, 4.69) is 10.1 Å². The molecule has 0 bridgehead atoms. The van der Waals surface area contributed by atoms with Gasteiger partial charge in [0.1, 0.15) is 23.5 Å². The summed E-state index contributed by atoms with van der Waals surface area (Å²) >= 11 is 0. The molecule has 0 aliphatic carbocycles. The van der Waals surface area contributed by atoms with E-state index in [0.29, 0.717) is 35.6 Å². The minimum atomic E-state index is -0.310. The van der Waals surface area contributed by atoms with Crippen molar-refractivity contribution < 1.29 is 13.7 Å². The average molecular weight is 330 g/mol. The van der Waals surface area contributed by atoms with Crippen molar-refractivity contribution in [1.82, 2.24) is 19.6 Å². The Hall–Kier alpha value is -2.90. The third-order valence-electron chi connectivity index (χ3n) is 3.85. The van der Waals surface area contributed by atoms with E-state index in [1.165, 1.54) is 9.47 Å². The van der Waals surface area contributed by atoms with Gasteiger partial charge in [0.15, 0.2) is 0 Å². The summed E-state index contributed by atoms with van der Waals surface area (Å²) in [6.07, 6.45) is 2.06. The summed E-state index contributed by atoms with van der Waals surface area (Å²) in [5.74, 6) is 0.958. The number of fused-ring (bicyclic) bond motifs is 1. The van der Waals surface area contributed by atoms with Gasteiger partial charge >= 0.3 is 0 Å². The Morgan fingerprint density at radius 2 is 2.21 bits per heavy atom. The summed E-state index contributed by atoms with van der Waals surface area (Å²) < 4.78 is 11.7. The standard InChI is InChI=1S/C16H18N4O4/c1-4-12-17-15-14(10(2)18-24-15)16(22)20(12)9-13(21)19(3)8-11-6-5-7-23-11/h5-7H,4,8-9H2,1-3H3. The summed E-state index contributed by atoms with van der Waals surface area (Å²) in [7, 11) is 1.66. The topological polar surface area (TPSA) is 94.4 Å². The zero-order chi connectivity index (χ0) is 17.3. The molecule has 3 aromatic heterocycles. The van der Waals surface area contributed by atoms with Crippen molar-refractivity contribution in [2.45, 2.75) is 33.4 Å². The zero-order valence-electron chi connectivity index (χ0n) is 13.8. The van der Waals surface area contributed by atoms with Gasteiger partial charge in [0.25, 0.3) is 11.3 Å². The highest BCUT2D eigenvalue weighted by molar-refractivity contribution is 5.77. The lowest BCUT2D eigenvalue weighted by Gasteiger charge is -2.17. The summed E-state index contributed by atoms with van der Waals surface area (Å²) in [4.78, 5) is 31.0. The molecule has 24 heavy (non-hydrogen) atoms. The van der Waals surface area contributed by atoms with E-state index in [9.17, 15) is 9.59 Å². The Balaban J connectivity index is 1.91. The fraction of sp³-hybridized carbons (Fsp3) is 0.375. The van der Waals surface area contributed by atoms with Gasteiger partial charge in [-0.2, -0.15) is 4.98 Å². The molecule has 0 saturated carbocycles. The Morgan fingerprint density at radius 3 is 2.88 bits per heavy atom. The molecule has 0 spiro atoms. The highest BCUT2D eigenvalue weighted by Crippen LogP contribution is 2.13. The largest absolute Gasteiger partial charge is 0.467 e. The van der Waals surface area contributed by atoms with E-state index in [0.717, 1.165) is 0 Å². The lowest BCUT2D eigenvalue weighted by Crippen LogP contribution is -2.35. The van der Waals surface area contributed by atoms with Crippen LogP contribution in [0.1, 0.15) is 24.2 Å². The molecule has 8 heteroatoms. The highest BCUT2D eigenvalue weighted by atomic mass is 16.5. The quantitative estimate of drug-likeness (QED) is 0.704. The van der Waals surface area contributed by atoms with Crippen molar-refractivity contribution in [2.24, 2.45) is 0 Å². The van der Waals surface area contributed by atoms with Gasteiger partial charge in [0.05, 0.1) is 18.5 Å². The first-order valence-electron chi connectivity index (χ1n) is 7.63. The molecular weight excluding hydrogens is 312 g/mol. The lowest BCUT2D eigenvalue weighted by molar-refractivity contribution is -0.131. The van der Waals surface area contributed by atoms with Gasteiger partial charge in [-0.05, 0) is 19.1 Å². The summed E-state index contributed by atoms with van der Waals surface area (Å²) in [5.41, 5.74) is 0.368. The maximum atomic E-state index is 12.7. The Kier molecular flexibility index (Phi) is 4.20. The van der Waals surface area contributed by atoms with Gasteiger partial charge in [-0.1, -0.05) is 12.1 Å². The van der Waals surface area contributed by atoms with Gasteiger partial charge in [0.2, 0.25) is 5.91 Å². The van der Waals surface area contributed by atoms with E-state index < -0.39 is 0 Å². The van der Waals surface area contributed by atoms with Gasteiger partial charge in [-0.3, -0.25) is 14.2 Å². The summed E-state index contributed by atoms with van der Waals surface area (Å²) in [6.45, 7) is 3.79. The number of hydrogen-bond donors (Lipinski definition) is 0. The van der Waals surface area contributed by atoms with Gasteiger partial charge < -0.3 is 13.8 Å². The SMILES string of the molecule is CCc1nc2onc(C)c2c(=O)n1CC(=O)N(C)Cc1ccco1. The van der Waals surface area contributed by atoms with Crippen molar-refractivity contribution in [3.63, 3.8) is 0 Å². The van der Waals surface area contributed by atoms with Crippen LogP contribution in [0.3, 0.4) is 0 Å². The van der Waals surface area contributed by atoms with E-state index in [-0.39, 0.29) is 23.7 Å². The lowest BCUT2D eigenvalue weighted by atomic mass is 10.3. The van der Waals surface area contributed by atoms with Crippen LogP contribution in [0.25, 0.3) is 11.1 Å². The number of furan rings is 1. The molecule has 0 saturated heterocycles. The zero-order valence-corrected chi connectivity index (χ0v) is 13.8. The molecular formula is C16H18N4O4. The predicted molar refractivity (Wildman–Crippen MR) is 85.4 cm³/mol. The monoisotopic (exact) mass is 330 g/mol. The second kappa shape index (κ2) is 6.31. The number of likely N-dealkylation sites (N-methyl/N-ethyl adjacent to an activating group) is 1. The highest BCUT2D eigenvalue weighted by Gasteiger charge is 2.19. The van der Waals surface area contributed by atoms with Crippen LogP contribution in [0.4, 0.5) is 0 Å². The van der Waals surface area contributed by atoms with Crippen LogP contribution in [-0.2, 0) is 24.3 Å². The van der Waals surface area contributed by atoms with Crippen LogP contribution in [0.2, 0.25) is 0 Å². The minimum absolute atomic E-state index is 0.0905. The van der Waals surface area contributed by atoms with Gasteiger partial charge in [0, 0.05) is 13.5 Å². The first-order chi connectivity index (χ1) is 11.5. The van der Waals surface area contributed by atoms with Crippen LogP contribution in [0.15, 0.2) is 32.1 Å². The number of aromatic nitrogens is 3. The molecule has 0 atom stereocenters. The normalized spacial score (nSPS) is 11.1. The summed E-state index contributed by atoms with van der Waals surface area (Å²) in [6, 6.07) is 3.56. The first-order valence-corrected chi connectivity index (χ1v) is 7.63. The number of aryl methyl sites for hydroxylation is 2. The Morgan fingerprint density at radius 1 is 1.42 bits per heavy atom. The third-order valence-corrected chi connectivity index (χ3v) is 3.85. The van der Waals surface area contributed by atoms with E-state index >= 15 is 0 Å². The maximum absolute atomic E-state index is 12.7. The second-order valence-electron chi connectivity index (χ2n) is 5.55. The maximum Gasteiger partial charge on any atom is 0.267 e. The molecule has 8 nitrogen and oxygen atoms in total. The van der Waals surface area contributed by atoms with E-state index in [1.807, 2.05) is 6.92 Å². The van der Waals surface area contributed by atoms with Crippen LogP contribution >= 0.6 is 0 Å². The van der Waals surface area contributed by atoms with Crippen LogP contribution in [0, 0.1) is 6.92 Å². The molecule has 3 rings (SSSR count). The molecule has 1 amide bonds. The molecule has 3 aromatic rings. The van der Waals surface area contributed by atoms with E-state index in [4.69, 9.17) is 8.94 Å². The van der Waals surface area contributed by atoms with Crippen molar-refractivity contribution in [1.29, 1.82) is 0 Å². The molecule has 126 valence electrons. The fourth-order valence-corrected chi connectivity index (χ4v) is 2.52. The van der Waals surface area contributed by atoms with Crippen molar-refractivity contribution >= 4 is 17.0 Å². The second-order valence-corrected chi connectivity index (χ2v) is 5.55. The average Bonchev–Trinajstić information content (AvgIpc) is 3.19. The molecule has 0 unspecified atom stereocenters. The Bertz CT molecular complexity index is 924. The molecule has 0 aliphatic heterocycles. The predicted octanol–water partition coefficient (Wildman–Crippen LogP) is 1.51. The minimum Gasteiger partial charge on any atom is -0.467 e. The van der Waals surface area contributed by atoms with E-state index in [1.54, 1.807) is 32.4 Å². The molecule has 0 fully saturated rings. The molecule has 0 aliphatic rings. The smallest absolute Gasteiger partial charge is 0.267 e. The molecule has 0 radical (unpaired) electrons. The number of carbonyl (C=O) groups excluding carboxylic acids is 1. The fourth-order valence-electron chi connectivity index (χ4n) is 2.52. The molecule has 3 heterocycles. The number of hydrogen-bond acceptors (Lipinski definition) is 6. The third kappa shape index (κ3) is 2.82. The Labute approximate surface area is 137 Å². The number of nitrogens with zero attached hydrogens (tertiary/aromatic N) is 4. The van der Waals surface area contributed by atoms with Gasteiger partial charge in [-0.15, -0.1) is 0 Å². The van der Waals surface area contributed by atoms with Crippen molar-refractivity contribution in [3.8, 4) is 0 Å². The van der Waals surface area contributed by atoms with Gasteiger partial charge in [-0.25, -0.2) is 0 Å².